The molecular formula is C48H89N9O10S. The first-order valence-electron chi connectivity index (χ1n) is 24.4. The maximum atomic E-state index is 14.0. The molecule has 10 atom stereocenters. The van der Waals surface area contributed by atoms with Gasteiger partial charge in [0.05, 0.1) is 6.04 Å². The summed E-state index contributed by atoms with van der Waals surface area (Å²) < 4.78 is 0. The van der Waals surface area contributed by atoms with Crippen LogP contribution in [0, 0.1) is 41.4 Å². The van der Waals surface area contributed by atoms with Crippen LogP contribution in [-0.4, -0.2) is 125 Å². The SMILES string of the molecule is CC[C@H](C)[C@H](NC(=O)[C@H](CC(C)C)NC(=O)[C@H](C)NC(=O)[C@@H](NC(=O)[C@H](CC(C)C)NC(=O)[C@@H](NC(=O)[C@H](CCSC)NC(=O)[C@@H](N)CC(C)C)C(C)C)C(C)C)C(=O)N[C@@H](CC(C)C)C(=O)O. The van der Waals surface area contributed by atoms with Crippen molar-refractivity contribution in [1.82, 2.24) is 42.5 Å². The van der Waals surface area contributed by atoms with Crippen LogP contribution < -0.4 is 48.3 Å². The molecule has 0 aliphatic rings. The summed E-state index contributed by atoms with van der Waals surface area (Å²) in [7, 11) is 0. The second-order valence-corrected chi connectivity index (χ2v) is 21.5. The fourth-order valence-electron chi connectivity index (χ4n) is 7.22. The van der Waals surface area contributed by atoms with Crippen molar-refractivity contribution in [3.63, 3.8) is 0 Å². The number of hydrogen-bond donors (Lipinski definition) is 10. The van der Waals surface area contributed by atoms with Crippen molar-refractivity contribution in [3.8, 4) is 0 Å². The predicted octanol–water partition coefficient (Wildman–Crippen LogP) is 2.59. The van der Waals surface area contributed by atoms with Crippen LogP contribution in [-0.2, 0) is 43.2 Å². The Labute approximate surface area is 410 Å². The molecule has 11 N–H and O–H groups in total. The molecule has 19 nitrogen and oxygen atoms in total. The smallest absolute Gasteiger partial charge is 0.326 e. The zero-order chi connectivity index (χ0) is 52.7. The highest BCUT2D eigenvalue weighted by molar-refractivity contribution is 7.98. The van der Waals surface area contributed by atoms with Gasteiger partial charge >= 0.3 is 5.97 Å². The van der Waals surface area contributed by atoms with Crippen molar-refractivity contribution in [2.75, 3.05) is 12.0 Å². The number of nitrogens with two attached hydrogens (primary N) is 1. The van der Waals surface area contributed by atoms with E-state index in [1.54, 1.807) is 34.6 Å². The number of nitrogens with one attached hydrogen (secondary N) is 8. The third-order valence-electron chi connectivity index (χ3n) is 11.3. The number of aliphatic carboxylic acids is 1. The van der Waals surface area contributed by atoms with Crippen LogP contribution in [0.2, 0.25) is 0 Å². The van der Waals surface area contributed by atoms with Gasteiger partial charge in [-0.25, -0.2) is 4.79 Å². The normalized spacial score (nSPS) is 16.1. The standard InChI is InChI=1S/C48H89N9O10S/c1-17-30(14)39(47(65)54-36(48(66)67)23-27(8)9)57-44(62)34(21-25(4)5)52-40(58)31(15)50-45(63)37(28(10)11)56-43(61)35(22-26(6)7)53-46(64)38(29(12)13)55-42(60)33(18-19-68-16)51-41(59)32(49)20-24(2)3/h24-39H,17-23,49H2,1-16H3,(H,50,63)(H,51,59)(H,52,58)(H,53,64)(H,54,65)(H,55,60)(H,56,61)(H,57,62)(H,66,67)/t30-,31-,32-,33-,34-,35-,36-,37-,38-,39-/m0/s1. The van der Waals surface area contributed by atoms with Gasteiger partial charge in [0.15, 0.2) is 0 Å². The molecule has 0 saturated carbocycles. The second-order valence-electron chi connectivity index (χ2n) is 20.6. The number of rotatable bonds is 32. The number of thioether (sulfide) groups is 1. The lowest BCUT2D eigenvalue weighted by molar-refractivity contribution is -0.143. The molecule has 68 heavy (non-hydrogen) atoms. The van der Waals surface area contributed by atoms with E-state index in [2.05, 4.69) is 42.5 Å². The minimum Gasteiger partial charge on any atom is -0.480 e. The molecule has 0 rings (SSSR count). The van der Waals surface area contributed by atoms with Crippen LogP contribution >= 0.6 is 11.8 Å². The largest absolute Gasteiger partial charge is 0.480 e. The molecule has 0 heterocycles. The highest BCUT2D eigenvalue weighted by Crippen LogP contribution is 2.15. The van der Waals surface area contributed by atoms with Crippen molar-refractivity contribution in [3.05, 3.63) is 0 Å². The van der Waals surface area contributed by atoms with E-state index in [0.717, 1.165) is 0 Å². The van der Waals surface area contributed by atoms with Crippen LogP contribution in [0.1, 0.15) is 142 Å². The minimum atomic E-state index is -1.19. The molecule has 8 amide bonds. The molecule has 0 saturated heterocycles. The molecule has 20 heteroatoms. The molecule has 0 unspecified atom stereocenters. The summed E-state index contributed by atoms with van der Waals surface area (Å²) in [6, 6.07) is -9.73. The molecule has 0 bridgehead atoms. The van der Waals surface area contributed by atoms with Gasteiger partial charge < -0.3 is 53.4 Å². The predicted molar refractivity (Wildman–Crippen MR) is 267 cm³/mol. The first kappa shape index (κ1) is 63.5. The lowest BCUT2D eigenvalue weighted by Gasteiger charge is -2.30. The minimum absolute atomic E-state index is 0.0230. The van der Waals surface area contributed by atoms with Gasteiger partial charge in [0.2, 0.25) is 47.3 Å². The monoisotopic (exact) mass is 984 g/mol. The number of amides is 8. The van der Waals surface area contributed by atoms with Crippen molar-refractivity contribution in [2.45, 2.75) is 197 Å². The zero-order valence-corrected chi connectivity index (χ0v) is 44.6. The van der Waals surface area contributed by atoms with E-state index in [4.69, 9.17) is 5.73 Å². The van der Waals surface area contributed by atoms with E-state index in [1.165, 1.54) is 18.7 Å². The Morgan fingerprint density at radius 1 is 0.441 bits per heavy atom. The van der Waals surface area contributed by atoms with E-state index in [9.17, 15) is 48.3 Å². The van der Waals surface area contributed by atoms with Crippen LogP contribution in [0.4, 0.5) is 0 Å². The Kier molecular flexibility index (Phi) is 29.6. The van der Waals surface area contributed by atoms with Crippen LogP contribution in [0.15, 0.2) is 0 Å². The van der Waals surface area contributed by atoms with Crippen LogP contribution in [0.3, 0.4) is 0 Å². The van der Waals surface area contributed by atoms with Gasteiger partial charge in [-0.1, -0.05) is 103 Å². The molecule has 0 radical (unpaired) electrons. The fourth-order valence-corrected chi connectivity index (χ4v) is 7.69. The Hall–Kier alpha value is -4.46. The molecule has 0 fully saturated rings. The summed E-state index contributed by atoms with van der Waals surface area (Å²) in [5, 5.41) is 31.4. The highest BCUT2D eigenvalue weighted by atomic mass is 32.2. The Bertz CT molecular complexity index is 1660. The van der Waals surface area contributed by atoms with Crippen molar-refractivity contribution < 1.29 is 48.3 Å². The van der Waals surface area contributed by atoms with Gasteiger partial charge in [-0.2, -0.15) is 11.8 Å². The Balaban J connectivity index is 6.22. The first-order valence-corrected chi connectivity index (χ1v) is 25.8. The molecule has 0 aliphatic heterocycles. The molecule has 0 aliphatic carbocycles. The van der Waals surface area contributed by atoms with Crippen molar-refractivity contribution in [1.29, 1.82) is 0 Å². The van der Waals surface area contributed by atoms with Gasteiger partial charge in [0.1, 0.15) is 48.3 Å². The number of hydrogen-bond acceptors (Lipinski definition) is 11. The van der Waals surface area contributed by atoms with Crippen LogP contribution in [0.25, 0.3) is 0 Å². The lowest BCUT2D eigenvalue weighted by Crippen LogP contribution is -2.61. The summed E-state index contributed by atoms with van der Waals surface area (Å²) in [4.78, 5) is 121. The fraction of sp³-hybridized carbons (Fsp3) is 0.812. The second kappa shape index (κ2) is 31.6. The maximum absolute atomic E-state index is 14.0. The molecular weight excluding hydrogens is 895 g/mol. The van der Waals surface area contributed by atoms with Crippen molar-refractivity contribution >= 4 is 65.0 Å². The summed E-state index contributed by atoms with van der Waals surface area (Å²) in [5.41, 5.74) is 6.09. The van der Waals surface area contributed by atoms with E-state index >= 15 is 0 Å². The van der Waals surface area contributed by atoms with E-state index in [0.29, 0.717) is 25.0 Å². The quantitative estimate of drug-likeness (QED) is 0.0466. The summed E-state index contributed by atoms with van der Waals surface area (Å²) in [5.74, 6) is -7.05. The molecule has 0 aromatic heterocycles. The summed E-state index contributed by atoms with van der Waals surface area (Å²) in [6.45, 7) is 26.8. The third-order valence-corrected chi connectivity index (χ3v) is 12.0. The number of carboxylic acids is 1. The maximum Gasteiger partial charge on any atom is 0.326 e. The summed E-state index contributed by atoms with van der Waals surface area (Å²) in [6.07, 6.45) is 3.61. The van der Waals surface area contributed by atoms with Crippen LogP contribution in [0.5, 0.6) is 0 Å². The molecule has 0 aromatic carbocycles. The topological polar surface area (TPSA) is 296 Å². The molecule has 0 spiro atoms. The van der Waals surface area contributed by atoms with Gasteiger partial charge in [0, 0.05) is 0 Å². The van der Waals surface area contributed by atoms with Gasteiger partial charge in [0.25, 0.3) is 0 Å². The van der Waals surface area contributed by atoms with Crippen molar-refractivity contribution in [2.24, 2.45) is 47.2 Å². The number of carbonyl (C=O) groups is 9. The van der Waals surface area contributed by atoms with Gasteiger partial charge in [-0.05, 0) is 92.5 Å². The number of carboxylic acid groups (broad SMARTS) is 1. The van der Waals surface area contributed by atoms with Gasteiger partial charge in [-0.3, -0.25) is 38.4 Å². The van der Waals surface area contributed by atoms with E-state index in [-0.39, 0.29) is 48.9 Å². The Morgan fingerprint density at radius 3 is 1.19 bits per heavy atom. The zero-order valence-electron chi connectivity index (χ0n) is 43.8. The highest BCUT2D eigenvalue weighted by Gasteiger charge is 2.37. The molecule has 392 valence electrons. The third kappa shape index (κ3) is 23.7. The van der Waals surface area contributed by atoms with E-state index in [1.807, 2.05) is 68.6 Å². The average molecular weight is 984 g/mol. The summed E-state index contributed by atoms with van der Waals surface area (Å²) >= 11 is 1.49. The van der Waals surface area contributed by atoms with Gasteiger partial charge in [-0.15, -0.1) is 0 Å². The van der Waals surface area contributed by atoms with E-state index < -0.39 is 119 Å². The lowest BCUT2D eigenvalue weighted by atomic mass is 9.95. The number of carbonyl (C=O) groups excluding carboxylic acids is 8. The Morgan fingerprint density at radius 2 is 0.794 bits per heavy atom. The average Bonchev–Trinajstić information content (AvgIpc) is 3.22. The first-order chi connectivity index (χ1) is 31.5. The molecule has 0 aromatic rings.